The summed E-state index contributed by atoms with van der Waals surface area (Å²) in [6, 6.07) is 10.5. The van der Waals surface area contributed by atoms with E-state index in [0.29, 0.717) is 22.4 Å². The molecule has 0 radical (unpaired) electrons. The predicted molar refractivity (Wildman–Crippen MR) is 107 cm³/mol. The Morgan fingerprint density at radius 1 is 0.867 bits per heavy atom. The average molecular weight is 404 g/mol. The Bertz CT molecular complexity index is 1270. The van der Waals surface area contributed by atoms with E-state index in [-0.39, 0.29) is 5.65 Å². The third-order valence-corrected chi connectivity index (χ3v) is 4.84. The van der Waals surface area contributed by atoms with Gasteiger partial charge in [-0.3, -0.25) is 10.2 Å². The maximum absolute atomic E-state index is 12.5. The van der Waals surface area contributed by atoms with Crippen LogP contribution in [0.2, 0.25) is 0 Å². The molecule has 0 aliphatic carbocycles. The summed E-state index contributed by atoms with van der Waals surface area (Å²) >= 11 is 0. The standard InChI is InChI=1S/C12H14N6.C7H3FN4/c1-17-4-6-18(7-5-17)11-3-2-9-10(8-13)15-16-12(9)14-11;8-6-2-1-4-5(3-9)11-12-7(4)10-6/h2-3H,4-7H2,1H3,(H,14,15,16);1-2H,(H,10,11,12). The lowest BCUT2D eigenvalue weighted by Gasteiger charge is -2.33. The van der Waals surface area contributed by atoms with Crippen molar-refractivity contribution in [2.24, 2.45) is 0 Å². The second kappa shape index (κ2) is 8.11. The summed E-state index contributed by atoms with van der Waals surface area (Å²) in [5.74, 6) is 0.338. The monoisotopic (exact) mass is 404 g/mol. The molecule has 2 N–H and O–H groups in total. The molecule has 0 amide bonds. The van der Waals surface area contributed by atoms with Gasteiger partial charge < -0.3 is 9.80 Å². The van der Waals surface area contributed by atoms with Crippen molar-refractivity contribution in [1.82, 2.24) is 35.3 Å². The molecule has 5 rings (SSSR count). The molecule has 0 atom stereocenters. The minimum atomic E-state index is -0.599. The van der Waals surface area contributed by atoms with Crippen LogP contribution in [-0.4, -0.2) is 68.5 Å². The number of anilines is 1. The Hall–Kier alpha value is -4.09. The van der Waals surface area contributed by atoms with E-state index in [2.05, 4.69) is 53.3 Å². The second-order valence-corrected chi connectivity index (χ2v) is 6.76. The first kappa shape index (κ1) is 19.2. The van der Waals surface area contributed by atoms with Gasteiger partial charge in [0, 0.05) is 26.2 Å². The number of pyridine rings is 2. The molecule has 11 heteroatoms. The fourth-order valence-corrected chi connectivity index (χ4v) is 3.14. The van der Waals surface area contributed by atoms with E-state index in [1.54, 1.807) is 0 Å². The third kappa shape index (κ3) is 3.74. The van der Waals surface area contributed by atoms with Crippen molar-refractivity contribution < 1.29 is 4.39 Å². The number of rotatable bonds is 1. The van der Waals surface area contributed by atoms with Gasteiger partial charge >= 0.3 is 0 Å². The van der Waals surface area contributed by atoms with Crippen LogP contribution in [0.3, 0.4) is 0 Å². The second-order valence-electron chi connectivity index (χ2n) is 6.76. The van der Waals surface area contributed by atoms with Gasteiger partial charge in [0.05, 0.1) is 10.8 Å². The molecular formula is C19H17FN10. The minimum absolute atomic E-state index is 0.228. The Kier molecular flexibility index (Phi) is 5.20. The van der Waals surface area contributed by atoms with Crippen LogP contribution in [0.4, 0.5) is 10.2 Å². The van der Waals surface area contributed by atoms with Gasteiger partial charge in [0.2, 0.25) is 5.95 Å². The number of aromatic amines is 2. The Morgan fingerprint density at radius 3 is 2.03 bits per heavy atom. The van der Waals surface area contributed by atoms with Gasteiger partial charge in [0.1, 0.15) is 29.3 Å². The number of halogens is 1. The molecule has 0 spiro atoms. The first-order chi connectivity index (χ1) is 14.6. The smallest absolute Gasteiger partial charge is 0.214 e. The zero-order valence-electron chi connectivity index (χ0n) is 16.1. The molecule has 1 fully saturated rings. The summed E-state index contributed by atoms with van der Waals surface area (Å²) in [6.45, 7) is 4.04. The largest absolute Gasteiger partial charge is 0.354 e. The van der Waals surface area contributed by atoms with Gasteiger partial charge in [0.25, 0.3) is 0 Å². The fraction of sp³-hybridized carbons (Fsp3) is 0.263. The van der Waals surface area contributed by atoms with Gasteiger partial charge in [0.15, 0.2) is 11.3 Å². The summed E-state index contributed by atoms with van der Waals surface area (Å²) in [6.07, 6.45) is 0. The van der Waals surface area contributed by atoms with Crippen molar-refractivity contribution in [3.8, 4) is 12.1 Å². The van der Waals surface area contributed by atoms with Gasteiger partial charge in [-0.25, -0.2) is 4.98 Å². The highest BCUT2D eigenvalue weighted by Gasteiger charge is 2.16. The van der Waals surface area contributed by atoms with Gasteiger partial charge in [-0.05, 0) is 31.3 Å². The van der Waals surface area contributed by atoms with Crippen molar-refractivity contribution in [2.75, 3.05) is 38.1 Å². The number of H-pyrrole nitrogens is 2. The van der Waals surface area contributed by atoms with Crippen LogP contribution in [0.25, 0.3) is 22.1 Å². The third-order valence-electron chi connectivity index (χ3n) is 4.84. The van der Waals surface area contributed by atoms with Crippen molar-refractivity contribution in [2.45, 2.75) is 0 Å². The summed E-state index contributed by atoms with van der Waals surface area (Å²) in [5.41, 5.74) is 1.62. The van der Waals surface area contributed by atoms with Gasteiger partial charge in [-0.1, -0.05) is 0 Å². The highest BCUT2D eigenvalue weighted by atomic mass is 19.1. The first-order valence-corrected chi connectivity index (χ1v) is 9.18. The molecule has 1 saturated heterocycles. The van der Waals surface area contributed by atoms with E-state index in [9.17, 15) is 4.39 Å². The topological polar surface area (TPSA) is 137 Å². The lowest BCUT2D eigenvalue weighted by Crippen LogP contribution is -2.44. The number of likely N-dealkylation sites (N-methyl/N-ethyl adjacent to an activating group) is 1. The summed E-state index contributed by atoms with van der Waals surface area (Å²) in [4.78, 5) is 12.5. The molecule has 1 aliphatic rings. The van der Waals surface area contributed by atoms with E-state index in [0.717, 1.165) is 37.4 Å². The molecule has 150 valence electrons. The Morgan fingerprint density at radius 2 is 1.43 bits per heavy atom. The molecule has 4 aromatic rings. The molecule has 4 aromatic heterocycles. The van der Waals surface area contributed by atoms with Crippen LogP contribution < -0.4 is 4.90 Å². The van der Waals surface area contributed by atoms with Gasteiger partial charge in [-0.2, -0.15) is 30.1 Å². The van der Waals surface area contributed by atoms with Crippen LogP contribution in [0.1, 0.15) is 11.4 Å². The van der Waals surface area contributed by atoms with Crippen LogP contribution in [-0.2, 0) is 0 Å². The average Bonchev–Trinajstić information content (AvgIpc) is 3.37. The summed E-state index contributed by atoms with van der Waals surface area (Å²) in [7, 11) is 2.13. The molecule has 0 unspecified atom stereocenters. The molecular weight excluding hydrogens is 387 g/mol. The lowest BCUT2D eigenvalue weighted by atomic mass is 10.2. The molecule has 10 nitrogen and oxygen atoms in total. The highest BCUT2D eigenvalue weighted by Crippen LogP contribution is 2.19. The molecule has 1 aliphatic heterocycles. The molecule has 0 bridgehead atoms. The number of nitrogens with zero attached hydrogens (tertiary/aromatic N) is 8. The quantitative estimate of drug-likeness (QED) is 0.456. The van der Waals surface area contributed by atoms with Crippen molar-refractivity contribution in [1.29, 1.82) is 10.5 Å². The number of nitriles is 2. The van der Waals surface area contributed by atoms with Gasteiger partial charge in [-0.15, -0.1) is 0 Å². The molecule has 0 aromatic carbocycles. The summed E-state index contributed by atoms with van der Waals surface area (Å²) < 4.78 is 12.5. The number of hydrogen-bond donors (Lipinski definition) is 2. The van der Waals surface area contributed by atoms with Crippen LogP contribution in [0.15, 0.2) is 24.3 Å². The normalized spacial score (nSPS) is 14.2. The first-order valence-electron chi connectivity index (χ1n) is 9.18. The maximum Gasteiger partial charge on any atom is 0.214 e. The summed E-state index contributed by atoms with van der Waals surface area (Å²) in [5, 5.41) is 31.7. The van der Waals surface area contributed by atoms with Crippen molar-refractivity contribution in [3.05, 3.63) is 41.6 Å². The van der Waals surface area contributed by atoms with E-state index in [4.69, 9.17) is 10.5 Å². The van der Waals surface area contributed by atoms with Crippen molar-refractivity contribution in [3.63, 3.8) is 0 Å². The SMILES string of the molecule is CN1CCN(c2ccc3c(C#N)[nH]nc3n2)CC1.N#Cc1[nH]nc2nc(F)ccc12. The number of nitrogens with one attached hydrogen (secondary N) is 2. The van der Waals surface area contributed by atoms with E-state index in [1.807, 2.05) is 18.2 Å². The predicted octanol–water partition coefficient (Wildman–Crippen LogP) is 1.55. The highest BCUT2D eigenvalue weighted by molar-refractivity contribution is 5.82. The minimum Gasteiger partial charge on any atom is -0.354 e. The van der Waals surface area contributed by atoms with Crippen molar-refractivity contribution >= 4 is 27.9 Å². The molecule has 5 heterocycles. The Labute approximate surface area is 170 Å². The lowest BCUT2D eigenvalue weighted by molar-refractivity contribution is 0.312. The number of piperazine rings is 1. The maximum atomic E-state index is 12.5. The van der Waals surface area contributed by atoms with E-state index < -0.39 is 5.95 Å². The van der Waals surface area contributed by atoms with E-state index in [1.165, 1.54) is 12.1 Å². The zero-order chi connectivity index (χ0) is 21.1. The number of hydrogen-bond acceptors (Lipinski definition) is 8. The van der Waals surface area contributed by atoms with Crippen LogP contribution in [0, 0.1) is 28.6 Å². The molecule has 0 saturated carbocycles. The number of aromatic nitrogens is 6. The number of fused-ring (bicyclic) bond motifs is 2. The van der Waals surface area contributed by atoms with Crippen LogP contribution in [0.5, 0.6) is 0 Å². The van der Waals surface area contributed by atoms with E-state index >= 15 is 0 Å². The van der Waals surface area contributed by atoms with Crippen LogP contribution >= 0.6 is 0 Å². The zero-order valence-corrected chi connectivity index (χ0v) is 16.1. The fourth-order valence-electron chi connectivity index (χ4n) is 3.14. The molecule has 30 heavy (non-hydrogen) atoms. The Balaban J connectivity index is 0.000000158.